The Labute approximate surface area is 175 Å². The van der Waals surface area contributed by atoms with E-state index in [2.05, 4.69) is 28.0 Å². The molecule has 152 valence electrons. The van der Waals surface area contributed by atoms with Gasteiger partial charge >= 0.3 is 5.63 Å². The topological polar surface area (TPSA) is 69.7 Å². The average molecular weight is 401 g/mol. The molecular weight excluding hydrogens is 378 g/mol. The maximum absolute atomic E-state index is 12.6. The first-order valence-electron chi connectivity index (χ1n) is 9.89. The van der Waals surface area contributed by atoms with Crippen LogP contribution in [0, 0.1) is 18.3 Å². The summed E-state index contributed by atoms with van der Waals surface area (Å²) in [6, 6.07) is 19.7. The molecule has 2 aromatic carbocycles. The Balaban J connectivity index is 1.68. The van der Waals surface area contributed by atoms with E-state index in [4.69, 9.17) is 9.15 Å². The monoisotopic (exact) mass is 401 g/mol. The van der Waals surface area contributed by atoms with E-state index < -0.39 is 5.63 Å². The third-order valence-corrected chi connectivity index (χ3v) is 5.51. The van der Waals surface area contributed by atoms with E-state index >= 15 is 0 Å². The van der Waals surface area contributed by atoms with Gasteiger partial charge in [0.1, 0.15) is 17.6 Å². The summed E-state index contributed by atoms with van der Waals surface area (Å²) in [7, 11) is 1.61. The summed E-state index contributed by atoms with van der Waals surface area (Å²) in [6.07, 6.45) is 0. The molecule has 1 saturated heterocycles. The molecule has 0 atom stereocenters. The van der Waals surface area contributed by atoms with E-state index in [1.807, 2.05) is 49.4 Å². The van der Waals surface area contributed by atoms with E-state index in [-0.39, 0.29) is 5.56 Å². The van der Waals surface area contributed by atoms with Crippen LogP contribution in [0.4, 0.5) is 11.4 Å². The van der Waals surface area contributed by atoms with Crippen LogP contribution in [0.25, 0.3) is 11.3 Å². The molecule has 6 heteroatoms. The third kappa shape index (κ3) is 3.62. The Morgan fingerprint density at radius 1 is 0.967 bits per heavy atom. The first kappa shape index (κ1) is 19.6. The van der Waals surface area contributed by atoms with Gasteiger partial charge in [-0.25, -0.2) is 4.79 Å². The number of hydrogen-bond acceptors (Lipinski definition) is 6. The van der Waals surface area contributed by atoms with Gasteiger partial charge in [-0.3, -0.25) is 0 Å². The lowest BCUT2D eigenvalue weighted by molar-refractivity contribution is 0.415. The number of ether oxygens (including phenoxy) is 1. The summed E-state index contributed by atoms with van der Waals surface area (Å²) in [5.41, 5.74) is 2.89. The van der Waals surface area contributed by atoms with Gasteiger partial charge in [0.15, 0.2) is 5.56 Å². The largest absolute Gasteiger partial charge is 0.497 e. The predicted octanol–water partition coefficient (Wildman–Crippen LogP) is 3.82. The molecular formula is C24H23N3O3. The molecule has 4 rings (SSSR count). The SMILES string of the molecule is COc1ccc(-c2oc(=O)c(C#N)c(N3CCN(c4ccccc4)CC3)c2C)cc1. The molecule has 1 fully saturated rings. The van der Waals surface area contributed by atoms with Crippen LogP contribution in [0.1, 0.15) is 11.1 Å². The number of anilines is 2. The molecule has 1 aromatic heterocycles. The average Bonchev–Trinajstić information content (AvgIpc) is 2.81. The molecule has 0 spiro atoms. The van der Waals surface area contributed by atoms with Gasteiger partial charge in [-0.2, -0.15) is 5.26 Å². The van der Waals surface area contributed by atoms with Gasteiger partial charge < -0.3 is 19.0 Å². The Morgan fingerprint density at radius 3 is 2.20 bits per heavy atom. The van der Waals surface area contributed by atoms with Gasteiger partial charge in [-0.1, -0.05) is 18.2 Å². The Hall–Kier alpha value is -3.72. The Bertz CT molecular complexity index is 1120. The molecule has 0 unspecified atom stereocenters. The van der Waals surface area contributed by atoms with Crippen LogP contribution in [0.15, 0.2) is 63.8 Å². The van der Waals surface area contributed by atoms with E-state index in [9.17, 15) is 10.1 Å². The van der Waals surface area contributed by atoms with Gasteiger partial charge in [0, 0.05) is 43.0 Å². The molecule has 6 nitrogen and oxygen atoms in total. The van der Waals surface area contributed by atoms with Crippen molar-refractivity contribution in [1.82, 2.24) is 0 Å². The Morgan fingerprint density at radius 2 is 1.60 bits per heavy atom. The summed E-state index contributed by atoms with van der Waals surface area (Å²) >= 11 is 0. The second-order valence-corrected chi connectivity index (χ2v) is 7.22. The van der Waals surface area contributed by atoms with Crippen molar-refractivity contribution in [2.45, 2.75) is 6.92 Å². The molecule has 0 aliphatic carbocycles. The second-order valence-electron chi connectivity index (χ2n) is 7.22. The number of rotatable bonds is 4. The fourth-order valence-corrected chi connectivity index (χ4v) is 3.95. The predicted molar refractivity (Wildman–Crippen MR) is 117 cm³/mol. The fraction of sp³-hybridized carbons (Fsp3) is 0.250. The molecule has 0 amide bonds. The minimum atomic E-state index is -0.602. The van der Waals surface area contributed by atoms with Crippen molar-refractivity contribution in [3.8, 4) is 23.1 Å². The van der Waals surface area contributed by atoms with Crippen molar-refractivity contribution in [1.29, 1.82) is 5.26 Å². The fourth-order valence-electron chi connectivity index (χ4n) is 3.95. The number of nitrogens with zero attached hydrogens (tertiary/aromatic N) is 3. The van der Waals surface area contributed by atoms with Crippen LogP contribution in [0.5, 0.6) is 5.75 Å². The highest BCUT2D eigenvalue weighted by Gasteiger charge is 2.26. The normalized spacial score (nSPS) is 13.8. The number of piperazine rings is 1. The summed E-state index contributed by atoms with van der Waals surface area (Å²) in [5, 5.41) is 9.65. The highest BCUT2D eigenvalue weighted by atomic mass is 16.5. The Kier molecular flexibility index (Phi) is 5.44. The quantitative estimate of drug-likeness (QED) is 0.662. The highest BCUT2D eigenvalue weighted by Crippen LogP contribution is 2.33. The van der Waals surface area contributed by atoms with Gasteiger partial charge in [0.2, 0.25) is 0 Å². The summed E-state index contributed by atoms with van der Waals surface area (Å²) < 4.78 is 10.8. The van der Waals surface area contributed by atoms with Crippen molar-refractivity contribution < 1.29 is 9.15 Å². The van der Waals surface area contributed by atoms with E-state index in [0.29, 0.717) is 11.4 Å². The smallest absolute Gasteiger partial charge is 0.356 e. The number of para-hydroxylation sites is 1. The first-order valence-corrected chi connectivity index (χ1v) is 9.89. The zero-order chi connectivity index (χ0) is 21.1. The molecule has 0 N–H and O–H groups in total. The van der Waals surface area contributed by atoms with Crippen molar-refractivity contribution in [2.75, 3.05) is 43.1 Å². The minimum Gasteiger partial charge on any atom is -0.497 e. The molecule has 0 saturated carbocycles. The van der Waals surface area contributed by atoms with Crippen LogP contribution < -0.4 is 20.2 Å². The standard InChI is InChI=1S/C24H23N3O3/c1-17-22(27-14-12-26(13-15-27)19-6-4-3-5-7-19)21(16-25)24(28)30-23(17)18-8-10-20(29-2)11-9-18/h3-11H,12-15H2,1-2H3. The summed E-state index contributed by atoms with van der Waals surface area (Å²) in [5.74, 6) is 1.21. The maximum atomic E-state index is 12.6. The molecule has 30 heavy (non-hydrogen) atoms. The van der Waals surface area contributed by atoms with Gasteiger partial charge in [-0.15, -0.1) is 0 Å². The lowest BCUT2D eigenvalue weighted by Gasteiger charge is -2.38. The third-order valence-electron chi connectivity index (χ3n) is 5.51. The van der Waals surface area contributed by atoms with Gasteiger partial charge in [0.05, 0.1) is 12.8 Å². The number of nitriles is 1. The van der Waals surface area contributed by atoms with E-state index in [1.54, 1.807) is 7.11 Å². The van der Waals surface area contributed by atoms with Crippen molar-refractivity contribution in [3.05, 3.63) is 76.1 Å². The number of methoxy groups -OCH3 is 1. The molecule has 3 aromatic rings. The number of benzene rings is 2. The molecule has 2 heterocycles. The van der Waals surface area contributed by atoms with Crippen LogP contribution in [-0.4, -0.2) is 33.3 Å². The van der Waals surface area contributed by atoms with E-state index in [1.165, 1.54) is 5.69 Å². The molecule has 1 aliphatic rings. The van der Waals surface area contributed by atoms with E-state index in [0.717, 1.165) is 43.1 Å². The van der Waals surface area contributed by atoms with Gasteiger partial charge in [0.25, 0.3) is 0 Å². The first-order chi connectivity index (χ1) is 14.6. The maximum Gasteiger partial charge on any atom is 0.356 e. The van der Waals surface area contributed by atoms with Crippen molar-refractivity contribution >= 4 is 11.4 Å². The second kappa shape index (κ2) is 8.34. The summed E-state index contributed by atoms with van der Waals surface area (Å²) in [4.78, 5) is 17.1. The van der Waals surface area contributed by atoms with Crippen LogP contribution in [-0.2, 0) is 0 Å². The van der Waals surface area contributed by atoms with Crippen LogP contribution in [0.3, 0.4) is 0 Å². The van der Waals surface area contributed by atoms with Crippen LogP contribution in [0.2, 0.25) is 0 Å². The number of hydrogen-bond donors (Lipinski definition) is 0. The highest BCUT2D eigenvalue weighted by molar-refractivity contribution is 5.74. The van der Waals surface area contributed by atoms with Crippen LogP contribution >= 0.6 is 0 Å². The zero-order valence-corrected chi connectivity index (χ0v) is 17.1. The van der Waals surface area contributed by atoms with Crippen molar-refractivity contribution in [3.63, 3.8) is 0 Å². The lowest BCUT2D eigenvalue weighted by Crippen LogP contribution is -2.47. The van der Waals surface area contributed by atoms with Gasteiger partial charge in [-0.05, 0) is 43.3 Å². The summed E-state index contributed by atoms with van der Waals surface area (Å²) in [6.45, 7) is 4.97. The zero-order valence-electron chi connectivity index (χ0n) is 17.1. The lowest BCUT2D eigenvalue weighted by atomic mass is 10.0. The molecule has 0 bridgehead atoms. The molecule has 1 aliphatic heterocycles. The minimum absolute atomic E-state index is 0.0675. The molecule has 0 radical (unpaired) electrons. The van der Waals surface area contributed by atoms with Crippen molar-refractivity contribution in [2.24, 2.45) is 0 Å².